The number of phenolic OH excluding ortho intramolecular Hbond substituents is 1. The molecule has 126 valence electrons. The van der Waals surface area contributed by atoms with E-state index >= 15 is 0 Å². The summed E-state index contributed by atoms with van der Waals surface area (Å²) in [4.78, 5) is 22.4. The summed E-state index contributed by atoms with van der Waals surface area (Å²) < 4.78 is 1.43. The lowest BCUT2D eigenvalue weighted by Gasteiger charge is -2.06. The van der Waals surface area contributed by atoms with Crippen molar-refractivity contribution in [3.63, 3.8) is 0 Å². The highest BCUT2D eigenvalue weighted by Gasteiger charge is 2.14. The number of nitro groups is 1. The van der Waals surface area contributed by atoms with Gasteiger partial charge in [-0.25, -0.2) is 0 Å². The van der Waals surface area contributed by atoms with Crippen molar-refractivity contribution in [2.75, 3.05) is 5.32 Å². The third-order valence-electron chi connectivity index (χ3n) is 3.04. The number of hydrogen-bond donors (Lipinski definition) is 2. The topological polar surface area (TPSA) is 116 Å². The first-order valence-corrected chi connectivity index (χ1v) is 8.83. The summed E-state index contributed by atoms with van der Waals surface area (Å²) >= 11 is 4.01. The maximum absolute atomic E-state index is 12.3. The second-order valence-corrected chi connectivity index (χ2v) is 7.16. The fourth-order valence-electron chi connectivity index (χ4n) is 1.90. The molecule has 0 aliphatic heterocycles. The summed E-state index contributed by atoms with van der Waals surface area (Å²) in [6.07, 6.45) is 1.27. The minimum absolute atomic E-state index is 0.0306. The molecule has 0 aliphatic carbocycles. The van der Waals surface area contributed by atoms with E-state index in [9.17, 15) is 25.3 Å². The van der Waals surface area contributed by atoms with E-state index in [4.69, 9.17) is 0 Å². The van der Waals surface area contributed by atoms with Gasteiger partial charge in [0.05, 0.1) is 8.49 Å². The first-order chi connectivity index (χ1) is 11.8. The van der Waals surface area contributed by atoms with E-state index in [-0.39, 0.29) is 22.7 Å². The molecule has 2 aromatic carbocycles. The van der Waals surface area contributed by atoms with Crippen molar-refractivity contribution < 1.29 is 14.8 Å². The smallest absolute Gasteiger partial charge is 0.271 e. The number of anilines is 1. The molecular weight excluding hydrogens is 552 g/mol. The van der Waals surface area contributed by atoms with E-state index in [1.54, 1.807) is 18.2 Å². The standard InChI is InChI=1S/C16H9I2N3O4/c17-11-5-9(15(22)14(18)6-11)4-10(8-19)16(23)20-12-2-1-3-13(7-12)21(24)25/h1-7,22H,(H,20,23)/b10-4-. The molecule has 0 aliphatic rings. The number of nitrogens with zero attached hydrogens (tertiary/aromatic N) is 2. The van der Waals surface area contributed by atoms with Gasteiger partial charge in [0.1, 0.15) is 17.4 Å². The van der Waals surface area contributed by atoms with E-state index in [1.165, 1.54) is 30.3 Å². The second kappa shape index (κ2) is 8.26. The van der Waals surface area contributed by atoms with Crippen molar-refractivity contribution in [2.45, 2.75) is 0 Å². The van der Waals surface area contributed by atoms with Crippen LogP contribution in [0.1, 0.15) is 5.56 Å². The van der Waals surface area contributed by atoms with Gasteiger partial charge in [0.2, 0.25) is 0 Å². The molecule has 2 N–H and O–H groups in total. The molecule has 0 fully saturated rings. The molecule has 0 unspecified atom stereocenters. The summed E-state index contributed by atoms with van der Waals surface area (Å²) in [7, 11) is 0. The Bertz CT molecular complexity index is 935. The van der Waals surface area contributed by atoms with Crippen LogP contribution in [0.3, 0.4) is 0 Å². The summed E-state index contributed by atoms with van der Waals surface area (Å²) in [5.41, 5.74) is 0.119. The molecule has 0 atom stereocenters. The minimum Gasteiger partial charge on any atom is -0.506 e. The van der Waals surface area contributed by atoms with Crippen molar-refractivity contribution in [3.05, 3.63) is 64.8 Å². The van der Waals surface area contributed by atoms with Gasteiger partial charge in [0.15, 0.2) is 0 Å². The highest BCUT2D eigenvalue weighted by atomic mass is 127. The molecule has 0 radical (unpaired) electrons. The summed E-state index contributed by atoms with van der Waals surface area (Å²) in [5.74, 6) is -0.756. The number of hydrogen-bond acceptors (Lipinski definition) is 5. The molecule has 0 bridgehead atoms. The molecule has 0 spiro atoms. The average Bonchev–Trinajstić information content (AvgIpc) is 2.56. The lowest BCUT2D eigenvalue weighted by molar-refractivity contribution is -0.384. The van der Waals surface area contributed by atoms with E-state index in [1.807, 2.05) is 22.6 Å². The lowest BCUT2D eigenvalue weighted by Crippen LogP contribution is -2.13. The summed E-state index contributed by atoms with van der Waals surface area (Å²) in [5, 5.41) is 32.5. The number of carbonyl (C=O) groups is 1. The Hall–Kier alpha value is -2.20. The van der Waals surface area contributed by atoms with Gasteiger partial charge in [-0.1, -0.05) is 6.07 Å². The van der Waals surface area contributed by atoms with Crippen LogP contribution in [0.4, 0.5) is 11.4 Å². The van der Waals surface area contributed by atoms with Gasteiger partial charge in [-0.05, 0) is 69.5 Å². The SMILES string of the molecule is N#C/C(=C/c1cc(I)cc(I)c1O)C(=O)Nc1cccc([N+](=O)[O-])c1. The number of rotatable bonds is 4. The Morgan fingerprint density at radius 1 is 1.32 bits per heavy atom. The maximum Gasteiger partial charge on any atom is 0.271 e. The Labute approximate surface area is 169 Å². The zero-order valence-electron chi connectivity index (χ0n) is 12.4. The molecule has 9 heteroatoms. The van der Waals surface area contributed by atoms with Gasteiger partial charge in [-0.3, -0.25) is 14.9 Å². The van der Waals surface area contributed by atoms with E-state index in [0.717, 1.165) is 3.57 Å². The molecule has 0 saturated carbocycles. The number of amides is 1. The molecule has 1 amide bonds. The van der Waals surface area contributed by atoms with Gasteiger partial charge < -0.3 is 10.4 Å². The van der Waals surface area contributed by atoms with E-state index in [0.29, 0.717) is 9.13 Å². The summed E-state index contributed by atoms with van der Waals surface area (Å²) in [6.45, 7) is 0. The van der Waals surface area contributed by atoms with Gasteiger partial charge in [0, 0.05) is 27.0 Å². The Balaban J connectivity index is 2.32. The molecular formula is C16H9I2N3O4. The lowest BCUT2D eigenvalue weighted by atomic mass is 10.1. The van der Waals surface area contributed by atoms with Gasteiger partial charge >= 0.3 is 0 Å². The third-order valence-corrected chi connectivity index (χ3v) is 4.48. The largest absolute Gasteiger partial charge is 0.506 e. The normalized spacial score (nSPS) is 10.8. The first kappa shape index (κ1) is 19.1. The fraction of sp³-hybridized carbons (Fsp3) is 0. The Kier molecular flexibility index (Phi) is 6.32. The van der Waals surface area contributed by atoms with Gasteiger partial charge in [-0.2, -0.15) is 5.26 Å². The predicted molar refractivity (Wildman–Crippen MR) is 109 cm³/mol. The van der Waals surface area contributed by atoms with Gasteiger partial charge in [0.25, 0.3) is 11.6 Å². The highest BCUT2D eigenvalue weighted by Crippen LogP contribution is 2.29. The van der Waals surface area contributed by atoms with Crippen molar-refractivity contribution in [1.29, 1.82) is 5.26 Å². The Morgan fingerprint density at radius 3 is 2.68 bits per heavy atom. The van der Waals surface area contributed by atoms with Crippen molar-refractivity contribution in [3.8, 4) is 11.8 Å². The number of non-ortho nitro benzene ring substituents is 1. The van der Waals surface area contributed by atoms with Crippen molar-refractivity contribution in [1.82, 2.24) is 0 Å². The van der Waals surface area contributed by atoms with Crippen molar-refractivity contribution >= 4 is 68.5 Å². The predicted octanol–water partition coefficient (Wildman–Crippen LogP) is 4.06. The Morgan fingerprint density at radius 2 is 2.04 bits per heavy atom. The van der Waals surface area contributed by atoms with Crippen molar-refractivity contribution in [2.24, 2.45) is 0 Å². The zero-order chi connectivity index (χ0) is 18.6. The molecule has 2 rings (SSSR count). The highest BCUT2D eigenvalue weighted by molar-refractivity contribution is 14.1. The van der Waals surface area contributed by atoms with Crippen LogP contribution in [0.5, 0.6) is 5.75 Å². The van der Waals surface area contributed by atoms with Crippen LogP contribution in [0, 0.1) is 28.6 Å². The van der Waals surface area contributed by atoms with Crippen LogP contribution < -0.4 is 5.32 Å². The zero-order valence-corrected chi connectivity index (χ0v) is 16.7. The minimum atomic E-state index is -0.726. The number of halogens is 2. The first-order valence-electron chi connectivity index (χ1n) is 6.67. The van der Waals surface area contributed by atoms with Crippen LogP contribution in [-0.2, 0) is 4.79 Å². The number of carbonyl (C=O) groups excluding carboxylic acids is 1. The fourth-order valence-corrected chi connectivity index (χ4v) is 3.79. The van der Waals surface area contributed by atoms with Crippen LogP contribution in [-0.4, -0.2) is 15.9 Å². The number of nitrogens with one attached hydrogen (secondary N) is 1. The monoisotopic (exact) mass is 561 g/mol. The quantitative estimate of drug-likeness (QED) is 0.192. The van der Waals surface area contributed by atoms with E-state index < -0.39 is 10.8 Å². The molecule has 2 aromatic rings. The number of aromatic hydroxyl groups is 1. The number of nitriles is 1. The molecule has 25 heavy (non-hydrogen) atoms. The van der Waals surface area contributed by atoms with Crippen LogP contribution in [0.2, 0.25) is 0 Å². The number of phenols is 1. The van der Waals surface area contributed by atoms with E-state index in [2.05, 4.69) is 27.9 Å². The number of benzene rings is 2. The average molecular weight is 561 g/mol. The number of nitro benzene ring substituents is 1. The van der Waals surface area contributed by atoms with Crippen LogP contribution >= 0.6 is 45.2 Å². The van der Waals surface area contributed by atoms with Crippen LogP contribution in [0.15, 0.2) is 42.0 Å². The summed E-state index contributed by atoms with van der Waals surface area (Å²) in [6, 6.07) is 10.6. The van der Waals surface area contributed by atoms with Gasteiger partial charge in [-0.15, -0.1) is 0 Å². The third kappa shape index (κ3) is 4.89. The molecule has 0 saturated heterocycles. The molecule has 0 heterocycles. The molecule has 7 nitrogen and oxygen atoms in total. The molecule has 0 aromatic heterocycles. The second-order valence-electron chi connectivity index (χ2n) is 4.76. The van der Waals surface area contributed by atoms with Crippen LogP contribution in [0.25, 0.3) is 6.08 Å². The maximum atomic E-state index is 12.3.